The maximum atomic E-state index is 11.9. The predicted molar refractivity (Wildman–Crippen MR) is 81.0 cm³/mol. The van der Waals surface area contributed by atoms with E-state index in [0.717, 1.165) is 12.1 Å². The molecule has 2 aromatic carbocycles. The maximum Gasteiger partial charge on any atom is 0.345 e. The summed E-state index contributed by atoms with van der Waals surface area (Å²) in [5.74, 6) is -1.17. The second-order valence-corrected chi connectivity index (χ2v) is 4.85. The number of hydrogen-bond acceptors (Lipinski definition) is 5. The molecule has 0 heterocycles. The highest BCUT2D eigenvalue weighted by atomic mass is 35.5. The first kappa shape index (κ1) is 12.3. The van der Waals surface area contributed by atoms with Gasteiger partial charge in [0, 0.05) is 17.2 Å². The average Bonchev–Trinajstić information content (AvgIpc) is 2.48. The normalized spacial score (nSPS) is 12.7. The molecule has 0 bridgehead atoms. The number of rotatable bonds is 4. The standard InChI is InChI=1S/C14H9Cl2NO5/c1-21-14(18)10-7-9(3-4-12(10)17(19)20)22-13-5-2-8(15)6-11(13)16/h2-7H,1H3/i1D3. The van der Waals surface area contributed by atoms with Gasteiger partial charge >= 0.3 is 5.97 Å². The molecular weight excluding hydrogens is 333 g/mol. The Labute approximate surface area is 139 Å². The van der Waals surface area contributed by atoms with Crippen molar-refractivity contribution in [3.05, 3.63) is 62.1 Å². The van der Waals surface area contributed by atoms with Crippen LogP contribution in [0, 0.1) is 10.1 Å². The van der Waals surface area contributed by atoms with Gasteiger partial charge in [-0.1, -0.05) is 23.2 Å². The van der Waals surface area contributed by atoms with Crippen molar-refractivity contribution < 1.29 is 23.3 Å². The summed E-state index contributed by atoms with van der Waals surface area (Å²) in [4.78, 5) is 22.1. The molecule has 0 aliphatic rings. The molecule has 0 saturated heterocycles. The van der Waals surface area contributed by atoms with Gasteiger partial charge in [-0.3, -0.25) is 10.1 Å². The van der Waals surface area contributed by atoms with Crippen LogP contribution < -0.4 is 4.74 Å². The van der Waals surface area contributed by atoms with Gasteiger partial charge in [-0.15, -0.1) is 0 Å². The minimum Gasteiger partial charge on any atom is -0.465 e. The van der Waals surface area contributed by atoms with Crippen molar-refractivity contribution in [3.63, 3.8) is 0 Å². The van der Waals surface area contributed by atoms with Gasteiger partial charge in [-0.2, -0.15) is 0 Å². The Morgan fingerprint density at radius 3 is 2.68 bits per heavy atom. The van der Waals surface area contributed by atoms with Crippen LogP contribution in [0.1, 0.15) is 14.5 Å². The van der Waals surface area contributed by atoms with Crippen LogP contribution in [0.2, 0.25) is 10.0 Å². The van der Waals surface area contributed by atoms with Crippen molar-refractivity contribution in [2.45, 2.75) is 0 Å². The number of carbonyl (C=O) groups excluding carboxylic acids is 1. The van der Waals surface area contributed by atoms with E-state index in [1.807, 2.05) is 0 Å². The lowest BCUT2D eigenvalue weighted by Crippen LogP contribution is -2.05. The second kappa shape index (κ2) is 6.64. The number of carbonyl (C=O) groups is 1. The summed E-state index contributed by atoms with van der Waals surface area (Å²) in [6.45, 7) is 0. The third-order valence-corrected chi connectivity index (χ3v) is 3.13. The van der Waals surface area contributed by atoms with E-state index in [2.05, 4.69) is 4.74 Å². The molecule has 8 heteroatoms. The zero-order valence-electron chi connectivity index (χ0n) is 13.7. The Kier molecular flexibility index (Phi) is 3.70. The summed E-state index contributed by atoms with van der Waals surface area (Å²) in [5.41, 5.74) is -1.19. The minimum absolute atomic E-state index is 0.0207. The van der Waals surface area contributed by atoms with E-state index in [9.17, 15) is 14.9 Å². The van der Waals surface area contributed by atoms with E-state index >= 15 is 0 Å². The largest absolute Gasteiger partial charge is 0.465 e. The van der Waals surface area contributed by atoms with E-state index in [0.29, 0.717) is 5.02 Å². The highest BCUT2D eigenvalue weighted by molar-refractivity contribution is 6.35. The Morgan fingerprint density at radius 1 is 1.27 bits per heavy atom. The smallest absolute Gasteiger partial charge is 0.345 e. The number of nitro groups is 1. The van der Waals surface area contributed by atoms with Crippen LogP contribution in [-0.2, 0) is 4.74 Å². The Morgan fingerprint density at radius 2 is 2.05 bits per heavy atom. The van der Waals surface area contributed by atoms with Gasteiger partial charge in [0.15, 0.2) is 0 Å². The van der Waals surface area contributed by atoms with Gasteiger partial charge in [-0.05, 0) is 24.3 Å². The van der Waals surface area contributed by atoms with E-state index in [4.69, 9.17) is 32.1 Å². The van der Waals surface area contributed by atoms with E-state index in [-0.39, 0.29) is 16.5 Å². The summed E-state index contributed by atoms with van der Waals surface area (Å²) >= 11 is 11.7. The van der Waals surface area contributed by atoms with Gasteiger partial charge in [0.25, 0.3) is 5.69 Å². The number of methoxy groups -OCH3 is 1. The molecule has 0 aliphatic carbocycles. The van der Waals surface area contributed by atoms with Gasteiger partial charge in [0.2, 0.25) is 0 Å². The molecule has 0 unspecified atom stereocenters. The summed E-state index contributed by atoms with van der Waals surface area (Å²) < 4.78 is 30.5. The molecule has 0 radical (unpaired) electrons. The van der Waals surface area contributed by atoms with Crippen molar-refractivity contribution in [2.75, 3.05) is 7.04 Å². The topological polar surface area (TPSA) is 78.7 Å². The van der Waals surface area contributed by atoms with Crippen LogP contribution in [0.4, 0.5) is 5.69 Å². The average molecular weight is 345 g/mol. The van der Waals surface area contributed by atoms with E-state index in [1.54, 1.807) is 0 Å². The summed E-state index contributed by atoms with van der Waals surface area (Å²) in [5, 5.41) is 11.6. The zero-order valence-corrected chi connectivity index (χ0v) is 12.2. The molecule has 6 nitrogen and oxygen atoms in total. The van der Waals surface area contributed by atoms with Gasteiger partial charge in [-0.25, -0.2) is 4.79 Å². The first-order chi connectivity index (χ1) is 11.6. The fourth-order valence-corrected chi connectivity index (χ4v) is 2.09. The Bertz CT molecular complexity index is 842. The number of nitrogens with zero attached hydrogens (tertiary/aromatic N) is 1. The molecule has 0 atom stereocenters. The van der Waals surface area contributed by atoms with Gasteiger partial charge in [0.05, 0.1) is 21.1 Å². The number of benzene rings is 2. The molecule has 0 spiro atoms. The van der Waals surface area contributed by atoms with Crippen molar-refractivity contribution in [1.29, 1.82) is 0 Å². The molecule has 0 N–H and O–H groups in total. The fourth-order valence-electron chi connectivity index (χ4n) is 1.64. The fraction of sp³-hybridized carbons (Fsp3) is 0.0714. The molecule has 0 aliphatic heterocycles. The van der Waals surface area contributed by atoms with Gasteiger partial charge in [0.1, 0.15) is 17.1 Å². The van der Waals surface area contributed by atoms with Gasteiger partial charge < -0.3 is 9.47 Å². The molecule has 22 heavy (non-hydrogen) atoms. The number of ether oxygens (including phenoxy) is 2. The second-order valence-electron chi connectivity index (χ2n) is 4.00. The monoisotopic (exact) mass is 344 g/mol. The van der Waals surface area contributed by atoms with E-state index < -0.39 is 29.2 Å². The number of hydrogen-bond donors (Lipinski definition) is 0. The third-order valence-electron chi connectivity index (χ3n) is 2.60. The molecule has 0 fully saturated rings. The highest BCUT2D eigenvalue weighted by Gasteiger charge is 2.22. The van der Waals surface area contributed by atoms with Crippen LogP contribution in [0.3, 0.4) is 0 Å². The van der Waals surface area contributed by atoms with E-state index in [1.165, 1.54) is 24.3 Å². The summed E-state index contributed by atoms with van der Waals surface area (Å²) in [6.07, 6.45) is 0. The summed E-state index contributed by atoms with van der Waals surface area (Å²) in [6, 6.07) is 7.62. The van der Waals surface area contributed by atoms with Crippen LogP contribution in [-0.4, -0.2) is 17.9 Å². The number of nitro benzene ring substituents is 1. The molecule has 0 aromatic heterocycles. The first-order valence-corrected chi connectivity index (χ1v) is 6.47. The van der Waals surface area contributed by atoms with Crippen molar-refractivity contribution in [1.82, 2.24) is 0 Å². The van der Waals surface area contributed by atoms with Crippen LogP contribution in [0.15, 0.2) is 36.4 Å². The lowest BCUT2D eigenvalue weighted by molar-refractivity contribution is -0.385. The molecular formula is C14H9Cl2NO5. The zero-order chi connectivity index (χ0) is 18.8. The molecule has 2 rings (SSSR count). The predicted octanol–water partition coefficient (Wildman–Crippen LogP) is 4.48. The van der Waals surface area contributed by atoms with Crippen LogP contribution >= 0.6 is 23.2 Å². The quantitative estimate of drug-likeness (QED) is 0.464. The molecule has 0 amide bonds. The lowest BCUT2D eigenvalue weighted by Gasteiger charge is -2.09. The molecule has 2 aromatic rings. The third kappa shape index (κ3) is 3.47. The highest BCUT2D eigenvalue weighted by Crippen LogP contribution is 2.33. The molecule has 114 valence electrons. The van der Waals surface area contributed by atoms with Crippen molar-refractivity contribution >= 4 is 34.9 Å². The van der Waals surface area contributed by atoms with Crippen LogP contribution in [0.5, 0.6) is 11.5 Å². The van der Waals surface area contributed by atoms with Crippen LogP contribution in [0.25, 0.3) is 0 Å². The maximum absolute atomic E-state index is 11.9. The minimum atomic E-state index is -3.04. The van der Waals surface area contributed by atoms with Crippen molar-refractivity contribution in [3.8, 4) is 11.5 Å². The first-order valence-electron chi connectivity index (χ1n) is 7.21. The summed E-state index contributed by atoms with van der Waals surface area (Å²) in [7, 11) is -3.04. The SMILES string of the molecule is [2H]C([2H])([2H])OC(=O)c1cc(Oc2ccc(Cl)cc2Cl)ccc1[N+](=O)[O-]. The lowest BCUT2D eigenvalue weighted by atomic mass is 10.1. The number of halogens is 2. The molecule has 0 saturated carbocycles. The number of esters is 1. The Hall–Kier alpha value is -2.31. The van der Waals surface area contributed by atoms with Crippen molar-refractivity contribution in [2.24, 2.45) is 0 Å². The Balaban J connectivity index is 2.39.